The van der Waals surface area contributed by atoms with E-state index in [1.165, 1.54) is 32.1 Å². The van der Waals surface area contributed by atoms with Gasteiger partial charge in [-0.15, -0.1) is 0 Å². The van der Waals surface area contributed by atoms with Crippen LogP contribution in [0, 0.1) is 19.8 Å². The molecule has 2 saturated carbocycles. The van der Waals surface area contributed by atoms with Crippen molar-refractivity contribution in [3.8, 4) is 0 Å². The van der Waals surface area contributed by atoms with E-state index < -0.39 is 0 Å². The summed E-state index contributed by atoms with van der Waals surface area (Å²) < 4.78 is 0. The molecule has 1 aromatic heterocycles. The normalized spacial score (nSPS) is 19.1. The van der Waals surface area contributed by atoms with Crippen LogP contribution in [0.15, 0.2) is 0 Å². The molecular weight excluding hydrogens is 238 g/mol. The van der Waals surface area contributed by atoms with Crippen molar-refractivity contribution in [3.63, 3.8) is 0 Å². The lowest BCUT2D eigenvalue weighted by Gasteiger charge is -2.25. The SMILES string of the molecule is Cc1nc(C2CC2)nc(C)c1C(=O)NCC1CCC1. The van der Waals surface area contributed by atoms with E-state index in [2.05, 4.69) is 15.3 Å². The van der Waals surface area contributed by atoms with Crippen molar-refractivity contribution in [3.05, 3.63) is 22.8 Å². The van der Waals surface area contributed by atoms with Gasteiger partial charge in [-0.2, -0.15) is 0 Å². The number of carbonyl (C=O) groups excluding carboxylic acids is 1. The smallest absolute Gasteiger partial charge is 0.254 e. The summed E-state index contributed by atoms with van der Waals surface area (Å²) in [6.45, 7) is 4.62. The molecule has 19 heavy (non-hydrogen) atoms. The first-order valence-corrected chi connectivity index (χ1v) is 7.28. The quantitative estimate of drug-likeness (QED) is 0.904. The number of aryl methyl sites for hydroxylation is 2. The third-order valence-electron chi connectivity index (χ3n) is 4.23. The van der Waals surface area contributed by atoms with Gasteiger partial charge in [0, 0.05) is 12.5 Å². The Bertz CT molecular complexity index is 481. The van der Waals surface area contributed by atoms with Crippen molar-refractivity contribution in [1.82, 2.24) is 15.3 Å². The van der Waals surface area contributed by atoms with Crippen LogP contribution in [0.25, 0.3) is 0 Å². The van der Waals surface area contributed by atoms with Crippen LogP contribution >= 0.6 is 0 Å². The van der Waals surface area contributed by atoms with Gasteiger partial charge < -0.3 is 5.32 Å². The molecule has 4 heteroatoms. The average Bonchev–Trinajstić information content (AvgIpc) is 3.09. The molecule has 1 amide bonds. The third-order valence-corrected chi connectivity index (χ3v) is 4.23. The van der Waals surface area contributed by atoms with Gasteiger partial charge in [0.1, 0.15) is 5.82 Å². The Morgan fingerprint density at radius 3 is 2.26 bits per heavy atom. The second kappa shape index (κ2) is 4.91. The molecule has 2 fully saturated rings. The first kappa shape index (κ1) is 12.6. The van der Waals surface area contributed by atoms with Gasteiger partial charge in [-0.1, -0.05) is 6.42 Å². The Morgan fingerprint density at radius 1 is 1.16 bits per heavy atom. The molecule has 0 bridgehead atoms. The summed E-state index contributed by atoms with van der Waals surface area (Å²) in [4.78, 5) is 21.2. The van der Waals surface area contributed by atoms with Gasteiger partial charge in [0.25, 0.3) is 5.91 Å². The fourth-order valence-electron chi connectivity index (χ4n) is 2.62. The van der Waals surface area contributed by atoms with Crippen molar-refractivity contribution < 1.29 is 4.79 Å². The molecule has 0 aromatic carbocycles. The number of amides is 1. The standard InChI is InChI=1S/C15H21N3O/c1-9-13(15(19)16-8-11-4-3-5-11)10(2)18-14(17-9)12-6-7-12/h11-12H,3-8H2,1-2H3,(H,16,19). The highest BCUT2D eigenvalue weighted by molar-refractivity contribution is 5.96. The predicted molar refractivity (Wildman–Crippen MR) is 73.2 cm³/mol. The van der Waals surface area contributed by atoms with Crippen molar-refractivity contribution >= 4 is 5.91 Å². The van der Waals surface area contributed by atoms with Crippen LogP contribution in [0.1, 0.15) is 65.6 Å². The number of hydrogen-bond acceptors (Lipinski definition) is 3. The molecule has 0 saturated heterocycles. The molecule has 1 N–H and O–H groups in total. The maximum atomic E-state index is 12.2. The van der Waals surface area contributed by atoms with E-state index >= 15 is 0 Å². The van der Waals surface area contributed by atoms with Gasteiger partial charge in [0.15, 0.2) is 0 Å². The molecule has 102 valence electrons. The van der Waals surface area contributed by atoms with Gasteiger partial charge in [0.05, 0.1) is 17.0 Å². The second-order valence-electron chi connectivity index (χ2n) is 5.91. The third kappa shape index (κ3) is 2.62. The van der Waals surface area contributed by atoms with Gasteiger partial charge >= 0.3 is 0 Å². The lowest BCUT2D eigenvalue weighted by Crippen LogP contribution is -2.33. The molecule has 1 heterocycles. The highest BCUT2D eigenvalue weighted by atomic mass is 16.1. The minimum absolute atomic E-state index is 0.00996. The molecule has 3 rings (SSSR count). The molecule has 2 aliphatic rings. The van der Waals surface area contributed by atoms with Gasteiger partial charge in [-0.3, -0.25) is 4.79 Å². The summed E-state index contributed by atoms with van der Waals surface area (Å²) in [6.07, 6.45) is 6.17. The average molecular weight is 259 g/mol. The van der Waals surface area contributed by atoms with Crippen LogP contribution in [-0.2, 0) is 0 Å². The minimum Gasteiger partial charge on any atom is -0.352 e. The maximum absolute atomic E-state index is 12.2. The molecule has 0 atom stereocenters. The summed E-state index contributed by atoms with van der Waals surface area (Å²) >= 11 is 0. The fraction of sp³-hybridized carbons (Fsp3) is 0.667. The van der Waals surface area contributed by atoms with Crippen LogP contribution < -0.4 is 5.32 Å². The van der Waals surface area contributed by atoms with E-state index in [9.17, 15) is 4.79 Å². The maximum Gasteiger partial charge on any atom is 0.254 e. The molecule has 4 nitrogen and oxygen atoms in total. The van der Waals surface area contributed by atoms with E-state index in [4.69, 9.17) is 0 Å². The zero-order valence-corrected chi connectivity index (χ0v) is 11.7. The Labute approximate surface area is 114 Å². The van der Waals surface area contributed by atoms with Gasteiger partial charge in [-0.25, -0.2) is 9.97 Å². The molecule has 0 aliphatic heterocycles. The summed E-state index contributed by atoms with van der Waals surface area (Å²) in [6, 6.07) is 0. The lowest BCUT2D eigenvalue weighted by molar-refractivity contribution is 0.0937. The van der Waals surface area contributed by atoms with Crippen LogP contribution in [0.2, 0.25) is 0 Å². The Kier molecular flexibility index (Phi) is 3.25. The van der Waals surface area contributed by atoms with Crippen molar-refractivity contribution in [1.29, 1.82) is 0 Å². The lowest BCUT2D eigenvalue weighted by atomic mass is 9.85. The topological polar surface area (TPSA) is 54.9 Å². The Morgan fingerprint density at radius 2 is 1.79 bits per heavy atom. The van der Waals surface area contributed by atoms with Crippen molar-refractivity contribution in [2.24, 2.45) is 5.92 Å². The molecule has 0 spiro atoms. The van der Waals surface area contributed by atoms with E-state index in [0.717, 1.165) is 23.8 Å². The molecule has 0 radical (unpaired) electrons. The van der Waals surface area contributed by atoms with Crippen molar-refractivity contribution in [2.75, 3.05) is 6.54 Å². The van der Waals surface area contributed by atoms with Gasteiger partial charge in [-0.05, 0) is 45.4 Å². The van der Waals surface area contributed by atoms with Crippen LogP contribution in [-0.4, -0.2) is 22.4 Å². The first-order valence-electron chi connectivity index (χ1n) is 7.28. The number of nitrogens with one attached hydrogen (secondary N) is 1. The van der Waals surface area contributed by atoms with Crippen molar-refractivity contribution in [2.45, 2.75) is 51.9 Å². The van der Waals surface area contributed by atoms with E-state index in [1.54, 1.807) is 0 Å². The molecule has 2 aliphatic carbocycles. The molecular formula is C15H21N3O. The predicted octanol–water partition coefficient (Wildman–Crippen LogP) is 2.50. The zero-order valence-electron chi connectivity index (χ0n) is 11.7. The van der Waals surface area contributed by atoms with Gasteiger partial charge in [0.2, 0.25) is 0 Å². The van der Waals surface area contributed by atoms with E-state index in [0.29, 0.717) is 17.4 Å². The summed E-state index contributed by atoms with van der Waals surface area (Å²) in [5.74, 6) is 2.12. The Hall–Kier alpha value is -1.45. The Balaban J connectivity index is 1.73. The second-order valence-corrected chi connectivity index (χ2v) is 5.91. The monoisotopic (exact) mass is 259 g/mol. The summed E-state index contributed by atoms with van der Waals surface area (Å²) in [7, 11) is 0. The number of nitrogens with zero attached hydrogens (tertiary/aromatic N) is 2. The van der Waals surface area contributed by atoms with E-state index in [1.807, 2.05) is 13.8 Å². The number of aromatic nitrogens is 2. The number of rotatable bonds is 4. The minimum atomic E-state index is -0.00996. The zero-order chi connectivity index (χ0) is 13.4. The molecule has 0 unspecified atom stereocenters. The largest absolute Gasteiger partial charge is 0.352 e. The summed E-state index contributed by atoms with van der Waals surface area (Å²) in [5.41, 5.74) is 2.31. The van der Waals surface area contributed by atoms with E-state index in [-0.39, 0.29) is 5.91 Å². The molecule has 1 aromatic rings. The summed E-state index contributed by atoms with van der Waals surface area (Å²) in [5, 5.41) is 3.03. The highest BCUT2D eigenvalue weighted by Crippen LogP contribution is 2.38. The van der Waals surface area contributed by atoms with Crippen LogP contribution in [0.4, 0.5) is 0 Å². The fourth-order valence-corrected chi connectivity index (χ4v) is 2.62. The number of hydrogen-bond donors (Lipinski definition) is 1. The highest BCUT2D eigenvalue weighted by Gasteiger charge is 2.28. The number of carbonyl (C=O) groups is 1. The first-order chi connectivity index (χ1) is 9.15. The van der Waals surface area contributed by atoms with Crippen LogP contribution in [0.5, 0.6) is 0 Å². The van der Waals surface area contributed by atoms with Crippen LogP contribution in [0.3, 0.4) is 0 Å².